The highest BCUT2D eigenvalue weighted by Gasteiger charge is 2.26. The maximum atomic E-state index is 13.8. The maximum Gasteiger partial charge on any atom is 0.130 e. The fourth-order valence-electron chi connectivity index (χ4n) is 3.07. The zero-order valence-electron chi connectivity index (χ0n) is 12.3. The van der Waals surface area contributed by atoms with Gasteiger partial charge in [-0.3, -0.25) is 4.90 Å². The smallest absolute Gasteiger partial charge is 0.130 e. The van der Waals surface area contributed by atoms with Crippen molar-refractivity contribution in [3.05, 3.63) is 35.4 Å². The summed E-state index contributed by atoms with van der Waals surface area (Å²) < 4.78 is 27.6. The van der Waals surface area contributed by atoms with E-state index in [9.17, 15) is 8.78 Å². The van der Waals surface area contributed by atoms with Gasteiger partial charge in [0.25, 0.3) is 0 Å². The summed E-state index contributed by atoms with van der Waals surface area (Å²) >= 11 is 0. The van der Waals surface area contributed by atoms with E-state index in [0.29, 0.717) is 0 Å². The number of piperidine rings is 1. The summed E-state index contributed by atoms with van der Waals surface area (Å²) in [5.74, 6) is -0.138. The van der Waals surface area contributed by atoms with Crippen LogP contribution in [0.1, 0.15) is 37.8 Å². The highest BCUT2D eigenvalue weighted by molar-refractivity contribution is 5.23. The predicted octanol–water partition coefficient (Wildman–Crippen LogP) is 3.35. The number of hydrogen-bond acceptors (Lipinski definition) is 2. The fourth-order valence-corrected chi connectivity index (χ4v) is 3.07. The van der Waals surface area contributed by atoms with Crippen LogP contribution in [-0.4, -0.2) is 31.6 Å². The van der Waals surface area contributed by atoms with Gasteiger partial charge in [0, 0.05) is 11.6 Å². The number of nitrogens with one attached hydrogen (secondary N) is 1. The van der Waals surface area contributed by atoms with E-state index in [2.05, 4.69) is 10.2 Å². The molecule has 1 saturated heterocycles. The van der Waals surface area contributed by atoms with Gasteiger partial charge in [0.2, 0.25) is 0 Å². The molecule has 0 radical (unpaired) electrons. The second-order valence-corrected chi connectivity index (χ2v) is 5.68. The molecule has 4 heteroatoms. The van der Waals surface area contributed by atoms with Crippen molar-refractivity contribution >= 4 is 0 Å². The number of rotatable bonds is 5. The largest absolute Gasteiger partial charge is 0.320 e. The molecule has 1 fully saturated rings. The Hall–Kier alpha value is -1.00. The van der Waals surface area contributed by atoms with E-state index >= 15 is 0 Å². The van der Waals surface area contributed by atoms with Crippen molar-refractivity contribution in [1.29, 1.82) is 0 Å². The zero-order valence-corrected chi connectivity index (χ0v) is 12.3. The fraction of sp³-hybridized carbons (Fsp3) is 0.625. The van der Waals surface area contributed by atoms with Crippen LogP contribution in [0.2, 0.25) is 0 Å². The van der Waals surface area contributed by atoms with E-state index in [4.69, 9.17) is 0 Å². The topological polar surface area (TPSA) is 15.3 Å². The Kier molecular flexibility index (Phi) is 5.49. The van der Waals surface area contributed by atoms with Crippen molar-refractivity contribution < 1.29 is 8.78 Å². The van der Waals surface area contributed by atoms with Crippen molar-refractivity contribution in [2.75, 3.05) is 26.7 Å². The van der Waals surface area contributed by atoms with Gasteiger partial charge in [0.15, 0.2) is 0 Å². The second kappa shape index (κ2) is 7.14. The van der Waals surface area contributed by atoms with Gasteiger partial charge < -0.3 is 5.32 Å². The summed E-state index contributed by atoms with van der Waals surface area (Å²) in [7, 11) is 1.97. The van der Waals surface area contributed by atoms with Crippen LogP contribution in [0.4, 0.5) is 8.78 Å². The quantitative estimate of drug-likeness (QED) is 0.891. The van der Waals surface area contributed by atoms with Gasteiger partial charge in [-0.15, -0.1) is 0 Å². The number of likely N-dealkylation sites (tertiary alicyclic amines) is 1. The molecule has 0 amide bonds. The lowest BCUT2D eigenvalue weighted by molar-refractivity contribution is 0.133. The Labute approximate surface area is 120 Å². The summed E-state index contributed by atoms with van der Waals surface area (Å²) in [6.45, 7) is 4.78. The van der Waals surface area contributed by atoms with Crippen molar-refractivity contribution in [2.45, 2.75) is 32.2 Å². The van der Waals surface area contributed by atoms with Crippen LogP contribution >= 0.6 is 0 Å². The average molecular weight is 282 g/mol. The van der Waals surface area contributed by atoms with E-state index in [0.717, 1.165) is 38.4 Å². The Balaban J connectivity index is 1.96. The van der Waals surface area contributed by atoms with E-state index in [1.807, 2.05) is 14.0 Å². The molecule has 1 aliphatic heterocycles. The molecule has 0 aromatic heterocycles. The van der Waals surface area contributed by atoms with Crippen molar-refractivity contribution in [3.8, 4) is 0 Å². The molecular formula is C16H24F2N2. The van der Waals surface area contributed by atoms with Crippen LogP contribution in [0.5, 0.6) is 0 Å². The van der Waals surface area contributed by atoms with Gasteiger partial charge in [-0.25, -0.2) is 8.78 Å². The van der Waals surface area contributed by atoms with Crippen LogP contribution in [0.15, 0.2) is 18.2 Å². The SMILES string of the molecule is CNCCC1CCN(C(C)c2c(F)cccc2F)CC1. The van der Waals surface area contributed by atoms with Crippen LogP contribution < -0.4 is 5.32 Å². The number of hydrogen-bond donors (Lipinski definition) is 1. The molecule has 1 heterocycles. The highest BCUT2D eigenvalue weighted by Crippen LogP contribution is 2.30. The lowest BCUT2D eigenvalue weighted by Gasteiger charge is -2.36. The third-order valence-corrected chi connectivity index (χ3v) is 4.42. The first-order valence-electron chi connectivity index (χ1n) is 7.46. The lowest BCUT2D eigenvalue weighted by atomic mass is 9.92. The summed E-state index contributed by atoms with van der Waals surface area (Å²) in [5, 5.41) is 3.18. The molecule has 1 aromatic carbocycles. The van der Waals surface area contributed by atoms with Crippen LogP contribution in [0, 0.1) is 17.6 Å². The summed E-state index contributed by atoms with van der Waals surface area (Å²) in [6.07, 6.45) is 3.41. The van der Waals surface area contributed by atoms with E-state index < -0.39 is 11.6 Å². The predicted molar refractivity (Wildman–Crippen MR) is 77.6 cm³/mol. The van der Waals surface area contributed by atoms with Gasteiger partial charge >= 0.3 is 0 Å². The molecule has 20 heavy (non-hydrogen) atoms. The monoisotopic (exact) mass is 282 g/mol. The molecule has 0 spiro atoms. The molecule has 2 nitrogen and oxygen atoms in total. The molecule has 0 saturated carbocycles. The van der Waals surface area contributed by atoms with E-state index in [1.54, 1.807) is 0 Å². The minimum atomic E-state index is -0.435. The van der Waals surface area contributed by atoms with Crippen molar-refractivity contribution in [3.63, 3.8) is 0 Å². The zero-order chi connectivity index (χ0) is 14.5. The van der Waals surface area contributed by atoms with Gasteiger partial charge in [-0.1, -0.05) is 6.07 Å². The summed E-state index contributed by atoms with van der Waals surface area (Å²) in [4.78, 5) is 2.19. The molecular weight excluding hydrogens is 258 g/mol. The number of nitrogens with zero attached hydrogens (tertiary/aromatic N) is 1. The Morgan fingerprint density at radius 3 is 2.40 bits per heavy atom. The summed E-state index contributed by atoms with van der Waals surface area (Å²) in [6, 6.07) is 3.91. The van der Waals surface area contributed by atoms with Crippen molar-refractivity contribution in [2.24, 2.45) is 5.92 Å². The first-order chi connectivity index (χ1) is 9.63. The highest BCUT2D eigenvalue weighted by atomic mass is 19.1. The lowest BCUT2D eigenvalue weighted by Crippen LogP contribution is -2.37. The third kappa shape index (κ3) is 3.55. The summed E-state index contributed by atoms with van der Waals surface area (Å²) in [5.41, 5.74) is 0.209. The van der Waals surface area contributed by atoms with E-state index in [1.165, 1.54) is 24.6 Å². The molecule has 112 valence electrons. The first-order valence-corrected chi connectivity index (χ1v) is 7.46. The van der Waals surface area contributed by atoms with Gasteiger partial charge in [0.05, 0.1) is 0 Å². The molecule has 1 atom stereocenters. The standard InChI is InChI=1S/C16H24F2N2/c1-12(16-14(17)4-3-5-15(16)18)20-10-7-13(8-11-20)6-9-19-2/h3-5,12-13,19H,6-11H2,1-2H3. The second-order valence-electron chi connectivity index (χ2n) is 5.68. The maximum absolute atomic E-state index is 13.8. The van der Waals surface area contributed by atoms with Gasteiger partial charge in [-0.05, 0) is 70.9 Å². The van der Waals surface area contributed by atoms with Crippen LogP contribution in [0.3, 0.4) is 0 Å². The number of benzene rings is 1. The molecule has 0 aliphatic carbocycles. The third-order valence-electron chi connectivity index (χ3n) is 4.42. The first kappa shape index (κ1) is 15.4. The molecule has 2 rings (SSSR count). The van der Waals surface area contributed by atoms with Crippen molar-refractivity contribution in [1.82, 2.24) is 10.2 Å². The Bertz CT molecular complexity index is 408. The molecule has 1 aliphatic rings. The van der Waals surface area contributed by atoms with Crippen LogP contribution in [-0.2, 0) is 0 Å². The minimum absolute atomic E-state index is 0.193. The van der Waals surface area contributed by atoms with Gasteiger partial charge in [-0.2, -0.15) is 0 Å². The average Bonchev–Trinajstić information content (AvgIpc) is 2.45. The Morgan fingerprint density at radius 1 is 1.25 bits per heavy atom. The van der Waals surface area contributed by atoms with Crippen LogP contribution in [0.25, 0.3) is 0 Å². The minimum Gasteiger partial charge on any atom is -0.320 e. The molecule has 1 unspecified atom stereocenters. The molecule has 1 N–H and O–H groups in total. The Morgan fingerprint density at radius 2 is 1.85 bits per heavy atom. The van der Waals surface area contributed by atoms with E-state index in [-0.39, 0.29) is 11.6 Å². The molecule has 0 bridgehead atoms. The normalized spacial score (nSPS) is 19.2. The molecule has 1 aromatic rings. The number of halogens is 2. The van der Waals surface area contributed by atoms with Gasteiger partial charge in [0.1, 0.15) is 11.6 Å².